The van der Waals surface area contributed by atoms with E-state index in [1.807, 2.05) is 26.8 Å². The molecule has 2 heterocycles. The Bertz CT molecular complexity index is 968. The molecule has 1 atom stereocenters. The van der Waals surface area contributed by atoms with Crippen molar-refractivity contribution >= 4 is 23.9 Å². The van der Waals surface area contributed by atoms with Crippen molar-refractivity contribution in [2.45, 2.75) is 39.2 Å². The molecule has 8 nitrogen and oxygen atoms in total. The van der Waals surface area contributed by atoms with Gasteiger partial charge in [0.2, 0.25) is 12.4 Å². The number of nitrogens with zero attached hydrogens (tertiary/aromatic N) is 3. The molecule has 0 radical (unpaired) electrons. The summed E-state index contributed by atoms with van der Waals surface area (Å²) < 4.78 is 51.2. The summed E-state index contributed by atoms with van der Waals surface area (Å²) in [7, 11) is 1.36. The van der Waals surface area contributed by atoms with E-state index in [4.69, 9.17) is 9.47 Å². The molecule has 174 valence electrons. The average Bonchev–Trinajstić information content (AvgIpc) is 2.74. The van der Waals surface area contributed by atoms with Gasteiger partial charge in [0.25, 0.3) is 0 Å². The number of benzene rings is 1. The molecule has 2 aromatic rings. The Morgan fingerprint density at radius 2 is 2.09 bits per heavy atom. The van der Waals surface area contributed by atoms with E-state index in [1.165, 1.54) is 7.05 Å². The summed E-state index contributed by atoms with van der Waals surface area (Å²) >= 11 is 0. The monoisotopic (exact) mass is 453 g/mol. The Morgan fingerprint density at radius 3 is 2.72 bits per heavy atom. The van der Waals surface area contributed by atoms with Crippen LogP contribution in [0.5, 0.6) is 5.75 Å². The van der Waals surface area contributed by atoms with Crippen molar-refractivity contribution in [1.29, 1.82) is 0 Å². The molecule has 0 bridgehead atoms. The summed E-state index contributed by atoms with van der Waals surface area (Å²) in [6.45, 7) is 6.99. The highest BCUT2D eigenvalue weighted by atomic mass is 19.4. The highest BCUT2D eigenvalue weighted by Gasteiger charge is 2.35. The molecular weight excluding hydrogens is 427 g/mol. The van der Waals surface area contributed by atoms with Gasteiger partial charge in [-0.05, 0) is 44.0 Å². The second-order valence-corrected chi connectivity index (χ2v) is 7.66. The van der Waals surface area contributed by atoms with Crippen molar-refractivity contribution in [1.82, 2.24) is 14.9 Å². The topological polar surface area (TPSA) is 88.6 Å². The maximum absolute atomic E-state index is 13.1. The van der Waals surface area contributed by atoms with Crippen molar-refractivity contribution in [3.8, 4) is 5.75 Å². The van der Waals surface area contributed by atoms with Gasteiger partial charge < -0.3 is 25.0 Å². The van der Waals surface area contributed by atoms with Gasteiger partial charge in [-0.3, -0.25) is 4.79 Å². The molecule has 0 spiro atoms. The second kappa shape index (κ2) is 9.60. The lowest BCUT2D eigenvalue weighted by atomic mass is 10.0. The number of morpholine rings is 1. The van der Waals surface area contributed by atoms with Crippen molar-refractivity contribution in [2.75, 3.05) is 37.4 Å². The quantitative estimate of drug-likeness (QED) is 0.615. The number of hydrogen-bond donors (Lipinski definition) is 2. The summed E-state index contributed by atoms with van der Waals surface area (Å²) in [5.41, 5.74) is 1.28. The maximum atomic E-state index is 13.1. The number of aryl methyl sites for hydroxylation is 1. The molecule has 1 saturated heterocycles. The number of alkyl halides is 3. The van der Waals surface area contributed by atoms with Gasteiger partial charge in [0, 0.05) is 19.8 Å². The molecule has 1 aliphatic heterocycles. The summed E-state index contributed by atoms with van der Waals surface area (Å²) in [4.78, 5) is 20.6. The lowest BCUT2D eigenvalue weighted by molar-refractivity contribution is -0.137. The zero-order valence-electron chi connectivity index (χ0n) is 18.3. The number of nitrogens with one attached hydrogen (secondary N) is 2. The molecule has 1 amide bonds. The molecule has 32 heavy (non-hydrogen) atoms. The number of carbonyl (C=O) groups is 1. The van der Waals surface area contributed by atoms with Gasteiger partial charge in [0.15, 0.2) is 0 Å². The number of aromatic nitrogens is 2. The Labute approximate surface area is 184 Å². The van der Waals surface area contributed by atoms with Crippen LogP contribution in [0, 0.1) is 6.92 Å². The third kappa shape index (κ3) is 5.39. The first-order chi connectivity index (χ1) is 15.1. The molecule has 1 unspecified atom stereocenters. The van der Waals surface area contributed by atoms with Gasteiger partial charge in [0.05, 0.1) is 24.9 Å². The molecule has 1 fully saturated rings. The first kappa shape index (κ1) is 23.6. The van der Waals surface area contributed by atoms with Gasteiger partial charge in [0.1, 0.15) is 23.2 Å². The van der Waals surface area contributed by atoms with E-state index in [2.05, 4.69) is 20.6 Å². The van der Waals surface area contributed by atoms with Crippen LogP contribution < -0.4 is 15.4 Å². The summed E-state index contributed by atoms with van der Waals surface area (Å²) in [5.74, 6) is 0.130. The number of amides is 1. The number of anilines is 3. The van der Waals surface area contributed by atoms with Gasteiger partial charge >= 0.3 is 6.18 Å². The van der Waals surface area contributed by atoms with Gasteiger partial charge in [-0.25, -0.2) is 4.98 Å². The van der Waals surface area contributed by atoms with E-state index in [1.54, 1.807) is 11.0 Å². The fourth-order valence-corrected chi connectivity index (χ4v) is 3.41. The minimum atomic E-state index is -4.57. The lowest BCUT2D eigenvalue weighted by Crippen LogP contribution is -2.37. The zero-order valence-corrected chi connectivity index (χ0v) is 18.3. The smallest absolute Gasteiger partial charge is 0.421 e. The lowest BCUT2D eigenvalue weighted by Gasteiger charge is -2.32. The molecular formula is C21H26F3N5O3. The van der Waals surface area contributed by atoms with Crippen LogP contribution in [-0.4, -0.2) is 54.1 Å². The highest BCUT2D eigenvalue weighted by molar-refractivity contribution is 5.66. The van der Waals surface area contributed by atoms with Crippen molar-refractivity contribution in [3.63, 3.8) is 0 Å². The Kier molecular flexibility index (Phi) is 7.07. The first-order valence-corrected chi connectivity index (χ1v) is 10.1. The number of carbonyl (C=O) groups excluding carboxylic acids is 1. The van der Waals surface area contributed by atoms with Crippen LogP contribution in [0.15, 0.2) is 18.3 Å². The maximum Gasteiger partial charge on any atom is 0.421 e. The van der Waals surface area contributed by atoms with E-state index < -0.39 is 11.7 Å². The van der Waals surface area contributed by atoms with Crippen molar-refractivity contribution in [3.05, 3.63) is 35.0 Å². The number of ether oxygens (including phenoxy) is 2. The number of rotatable bonds is 7. The van der Waals surface area contributed by atoms with Crippen molar-refractivity contribution < 1.29 is 27.4 Å². The van der Waals surface area contributed by atoms with Gasteiger partial charge in [-0.1, -0.05) is 0 Å². The number of hydrogen-bond acceptors (Lipinski definition) is 7. The van der Waals surface area contributed by atoms with E-state index in [0.29, 0.717) is 31.1 Å². The first-order valence-electron chi connectivity index (χ1n) is 10.1. The van der Waals surface area contributed by atoms with Crippen LogP contribution in [0.1, 0.15) is 36.6 Å². The van der Waals surface area contributed by atoms with Crippen LogP contribution in [0.2, 0.25) is 0 Å². The van der Waals surface area contributed by atoms with Crippen LogP contribution >= 0.6 is 0 Å². The summed E-state index contributed by atoms with van der Waals surface area (Å²) in [6, 6.07) is 3.62. The van der Waals surface area contributed by atoms with Gasteiger partial charge in [-0.2, -0.15) is 18.2 Å². The Balaban J connectivity index is 1.96. The van der Waals surface area contributed by atoms with E-state index in [-0.39, 0.29) is 24.0 Å². The molecule has 11 heteroatoms. The normalized spacial score (nSPS) is 16.8. The SMILES string of the molecule is CNc1nc(Nc2cc(C)c(C3CN(C=O)CCO3)cc2OC(C)C)ncc1C(F)(F)F. The fourth-order valence-electron chi connectivity index (χ4n) is 3.41. The Morgan fingerprint density at radius 1 is 1.34 bits per heavy atom. The van der Waals surface area contributed by atoms with Crippen LogP contribution in [0.3, 0.4) is 0 Å². The molecule has 0 saturated carbocycles. The predicted octanol–water partition coefficient (Wildman–Crippen LogP) is 3.91. The van der Waals surface area contributed by atoms with Gasteiger partial charge in [-0.15, -0.1) is 0 Å². The largest absolute Gasteiger partial charge is 0.489 e. The zero-order chi connectivity index (χ0) is 23.5. The van der Waals surface area contributed by atoms with Crippen LogP contribution in [0.4, 0.5) is 30.6 Å². The van der Waals surface area contributed by atoms with E-state index >= 15 is 0 Å². The minimum Gasteiger partial charge on any atom is -0.489 e. The predicted molar refractivity (Wildman–Crippen MR) is 113 cm³/mol. The molecule has 3 rings (SSSR count). The number of halogens is 3. The van der Waals surface area contributed by atoms with Crippen LogP contribution in [-0.2, 0) is 15.7 Å². The third-order valence-electron chi connectivity index (χ3n) is 4.90. The summed E-state index contributed by atoms with van der Waals surface area (Å²) in [6.07, 6.45) is -3.51. The average molecular weight is 453 g/mol. The second-order valence-electron chi connectivity index (χ2n) is 7.66. The highest BCUT2D eigenvalue weighted by Crippen LogP contribution is 2.37. The summed E-state index contributed by atoms with van der Waals surface area (Å²) in [5, 5.41) is 5.42. The fraction of sp³-hybridized carbons (Fsp3) is 0.476. The molecule has 1 aromatic carbocycles. The molecule has 0 aliphatic carbocycles. The van der Waals surface area contributed by atoms with E-state index in [9.17, 15) is 18.0 Å². The molecule has 1 aliphatic rings. The standard InChI is InChI=1S/C21H26F3N5O3/c1-12(2)32-17-8-14(18-10-29(11-30)5-6-31-18)13(3)7-16(17)27-20-26-9-15(21(22,23)24)19(25-4)28-20/h7-9,11-12,18H,5-6,10H2,1-4H3,(H2,25,26,27,28). The Hall–Kier alpha value is -3.08. The van der Waals surface area contributed by atoms with E-state index in [0.717, 1.165) is 23.7 Å². The molecule has 2 N–H and O–H groups in total. The third-order valence-corrected chi connectivity index (χ3v) is 4.90. The molecule has 1 aromatic heterocycles. The van der Waals surface area contributed by atoms with Crippen LogP contribution in [0.25, 0.3) is 0 Å². The minimum absolute atomic E-state index is 0.0100. The van der Waals surface area contributed by atoms with Crippen molar-refractivity contribution in [2.24, 2.45) is 0 Å².